The van der Waals surface area contributed by atoms with Crippen LogP contribution in [0.25, 0.3) is 0 Å². The van der Waals surface area contributed by atoms with Crippen LogP contribution in [0.3, 0.4) is 0 Å². The maximum Gasteiger partial charge on any atom is 0.416 e. The van der Waals surface area contributed by atoms with Gasteiger partial charge in [0.2, 0.25) is 0 Å². The topological polar surface area (TPSA) is 27.7 Å². The highest BCUT2D eigenvalue weighted by molar-refractivity contribution is 5.37. The number of nitrogens with zero attached hydrogens (tertiary/aromatic N) is 2. The molecule has 0 spiro atoms. The molecular weight excluding hydrogens is 508 g/mol. The summed E-state index contributed by atoms with van der Waals surface area (Å²) in [5, 5.41) is 3.14. The van der Waals surface area contributed by atoms with Crippen molar-refractivity contribution in [2.45, 2.75) is 63.1 Å². The summed E-state index contributed by atoms with van der Waals surface area (Å²) in [6.45, 7) is 3.73. The Morgan fingerprint density at radius 1 is 0.868 bits per heavy atom. The molecule has 1 aliphatic carbocycles. The van der Waals surface area contributed by atoms with Crippen LogP contribution in [0.4, 0.5) is 26.3 Å². The molecule has 1 aliphatic heterocycles. The SMILES string of the molecule is COc1ccccc1C(CNCc1cc(C(F)(F)F)cc(C(F)(F)F)c1)N1CCN(C2CCCCC2)CC1. The zero-order valence-electron chi connectivity index (χ0n) is 21.5. The minimum atomic E-state index is -4.87. The first kappa shape index (κ1) is 28.7. The molecule has 2 aromatic rings. The molecule has 38 heavy (non-hydrogen) atoms. The van der Waals surface area contributed by atoms with Gasteiger partial charge in [-0.15, -0.1) is 0 Å². The van der Waals surface area contributed by atoms with E-state index in [-0.39, 0.29) is 24.2 Å². The van der Waals surface area contributed by atoms with Gasteiger partial charge in [0.1, 0.15) is 5.75 Å². The molecule has 1 saturated heterocycles. The lowest BCUT2D eigenvalue weighted by Crippen LogP contribution is -2.52. The van der Waals surface area contributed by atoms with Crippen molar-refractivity contribution in [2.75, 3.05) is 39.8 Å². The molecule has 1 atom stereocenters. The van der Waals surface area contributed by atoms with Crippen molar-refractivity contribution in [2.24, 2.45) is 0 Å². The van der Waals surface area contributed by atoms with Gasteiger partial charge in [-0.2, -0.15) is 26.3 Å². The van der Waals surface area contributed by atoms with Gasteiger partial charge in [-0.3, -0.25) is 9.80 Å². The van der Waals surface area contributed by atoms with Crippen LogP contribution in [-0.2, 0) is 18.9 Å². The zero-order chi connectivity index (χ0) is 27.3. The largest absolute Gasteiger partial charge is 0.496 e. The number of rotatable bonds is 8. The average Bonchev–Trinajstić information content (AvgIpc) is 2.91. The van der Waals surface area contributed by atoms with E-state index in [0.29, 0.717) is 18.3 Å². The van der Waals surface area contributed by atoms with Crippen LogP contribution >= 0.6 is 0 Å². The van der Waals surface area contributed by atoms with E-state index >= 15 is 0 Å². The van der Waals surface area contributed by atoms with E-state index < -0.39 is 23.5 Å². The Labute approximate surface area is 219 Å². The molecule has 1 unspecified atom stereocenters. The normalized spacial score (nSPS) is 19.4. The van der Waals surface area contributed by atoms with Crippen molar-refractivity contribution in [1.82, 2.24) is 15.1 Å². The first-order chi connectivity index (χ1) is 18.1. The fourth-order valence-corrected chi connectivity index (χ4v) is 5.71. The number of alkyl halides is 6. The number of piperazine rings is 1. The smallest absolute Gasteiger partial charge is 0.416 e. The van der Waals surface area contributed by atoms with Crippen molar-refractivity contribution < 1.29 is 31.1 Å². The molecule has 1 N–H and O–H groups in total. The van der Waals surface area contributed by atoms with Crippen molar-refractivity contribution >= 4 is 0 Å². The van der Waals surface area contributed by atoms with Crippen LogP contribution in [-0.4, -0.2) is 55.7 Å². The van der Waals surface area contributed by atoms with Crippen molar-refractivity contribution in [3.05, 3.63) is 64.7 Å². The highest BCUT2D eigenvalue weighted by Gasteiger charge is 2.37. The molecule has 2 aliphatic rings. The van der Waals surface area contributed by atoms with Crippen LogP contribution in [0.1, 0.15) is 60.4 Å². The second kappa shape index (κ2) is 12.3. The third kappa shape index (κ3) is 7.21. The minimum Gasteiger partial charge on any atom is -0.496 e. The predicted molar refractivity (Wildman–Crippen MR) is 134 cm³/mol. The van der Waals surface area contributed by atoms with E-state index in [9.17, 15) is 26.3 Å². The molecule has 0 aromatic heterocycles. The van der Waals surface area contributed by atoms with Gasteiger partial charge < -0.3 is 10.1 Å². The van der Waals surface area contributed by atoms with Crippen molar-refractivity contribution in [3.63, 3.8) is 0 Å². The van der Waals surface area contributed by atoms with Gasteiger partial charge in [0.25, 0.3) is 0 Å². The number of hydrogen-bond donors (Lipinski definition) is 1. The number of hydrogen-bond acceptors (Lipinski definition) is 4. The Balaban J connectivity index is 1.49. The Morgan fingerprint density at radius 3 is 2.05 bits per heavy atom. The third-order valence-corrected chi connectivity index (χ3v) is 7.69. The fourth-order valence-electron chi connectivity index (χ4n) is 5.71. The van der Waals surface area contributed by atoms with Gasteiger partial charge >= 0.3 is 12.4 Å². The van der Waals surface area contributed by atoms with Gasteiger partial charge in [0, 0.05) is 50.9 Å². The predicted octanol–water partition coefficient (Wildman–Crippen LogP) is 6.51. The second-order valence-electron chi connectivity index (χ2n) is 10.2. The summed E-state index contributed by atoms with van der Waals surface area (Å²) in [5.74, 6) is 0.701. The molecule has 4 rings (SSSR count). The quantitative estimate of drug-likeness (QED) is 0.384. The van der Waals surface area contributed by atoms with Crippen LogP contribution in [0.5, 0.6) is 5.75 Å². The van der Waals surface area contributed by atoms with Crippen LogP contribution in [0, 0.1) is 0 Å². The Hall–Kier alpha value is -2.30. The van der Waals surface area contributed by atoms with Gasteiger partial charge in [0.15, 0.2) is 0 Å². The molecule has 1 heterocycles. The third-order valence-electron chi connectivity index (χ3n) is 7.69. The van der Waals surface area contributed by atoms with E-state index in [1.807, 2.05) is 24.3 Å². The van der Waals surface area contributed by atoms with Gasteiger partial charge in [0.05, 0.1) is 24.3 Å². The number of halogens is 6. The van der Waals surface area contributed by atoms with Gasteiger partial charge in [-0.25, -0.2) is 0 Å². The minimum absolute atomic E-state index is 0.0620. The summed E-state index contributed by atoms with van der Waals surface area (Å²) in [6.07, 6.45) is -3.44. The molecule has 0 amide bonds. The van der Waals surface area contributed by atoms with E-state index in [2.05, 4.69) is 15.1 Å². The Bertz CT molecular complexity index is 1010. The number of methoxy groups -OCH3 is 1. The van der Waals surface area contributed by atoms with Crippen LogP contribution in [0.15, 0.2) is 42.5 Å². The molecule has 210 valence electrons. The molecular formula is C28H35F6N3O. The molecule has 0 bridgehead atoms. The lowest BCUT2D eigenvalue weighted by molar-refractivity contribution is -0.143. The lowest BCUT2D eigenvalue weighted by atomic mass is 9.93. The zero-order valence-corrected chi connectivity index (χ0v) is 21.5. The van der Waals surface area contributed by atoms with Crippen molar-refractivity contribution in [1.29, 1.82) is 0 Å². The standard InChI is InChI=1S/C28H35F6N3O/c1-38-26-10-6-5-9-24(26)25(37-13-11-36(12-14-37)23-7-3-2-4-8-23)19-35-18-20-15-21(27(29,30)31)17-22(16-20)28(32,33)34/h5-6,9-10,15-17,23,25,35H,2-4,7-8,11-14,18-19H2,1H3. The second-order valence-corrected chi connectivity index (χ2v) is 10.2. The monoisotopic (exact) mass is 543 g/mol. The summed E-state index contributed by atoms with van der Waals surface area (Å²) in [5.41, 5.74) is -1.73. The van der Waals surface area contributed by atoms with Gasteiger partial charge in [-0.05, 0) is 42.7 Å². The molecule has 10 heteroatoms. The van der Waals surface area contributed by atoms with Gasteiger partial charge in [-0.1, -0.05) is 37.5 Å². The molecule has 1 saturated carbocycles. The number of ether oxygens (including phenoxy) is 1. The molecule has 0 radical (unpaired) electrons. The number of para-hydroxylation sites is 1. The Morgan fingerprint density at radius 2 is 1.47 bits per heavy atom. The van der Waals surface area contributed by atoms with Crippen molar-refractivity contribution in [3.8, 4) is 5.75 Å². The summed E-state index contributed by atoms with van der Waals surface area (Å²) >= 11 is 0. The Kier molecular flexibility index (Phi) is 9.26. The maximum atomic E-state index is 13.3. The maximum absolute atomic E-state index is 13.3. The van der Waals surface area contributed by atoms with Crippen LogP contribution < -0.4 is 10.1 Å². The summed E-state index contributed by atoms with van der Waals surface area (Å²) in [4.78, 5) is 4.89. The lowest BCUT2D eigenvalue weighted by Gasteiger charge is -2.43. The molecule has 4 nitrogen and oxygen atoms in total. The van der Waals surface area contributed by atoms with Crippen LogP contribution in [0.2, 0.25) is 0 Å². The van der Waals surface area contributed by atoms with E-state index in [0.717, 1.165) is 43.9 Å². The van der Waals surface area contributed by atoms with E-state index in [4.69, 9.17) is 4.74 Å². The highest BCUT2D eigenvalue weighted by Crippen LogP contribution is 2.37. The number of nitrogens with one attached hydrogen (secondary N) is 1. The van der Waals surface area contributed by atoms with E-state index in [1.54, 1.807) is 7.11 Å². The average molecular weight is 544 g/mol. The summed E-state index contributed by atoms with van der Waals surface area (Å²) in [6, 6.07) is 9.80. The molecule has 2 fully saturated rings. The molecule has 2 aromatic carbocycles. The fraction of sp³-hybridized carbons (Fsp3) is 0.571. The summed E-state index contributed by atoms with van der Waals surface area (Å²) < 4.78 is 85.3. The first-order valence-corrected chi connectivity index (χ1v) is 13.2. The van der Waals surface area contributed by atoms with E-state index in [1.165, 1.54) is 32.1 Å². The number of benzene rings is 2. The summed E-state index contributed by atoms with van der Waals surface area (Å²) in [7, 11) is 1.59. The highest BCUT2D eigenvalue weighted by atomic mass is 19.4. The first-order valence-electron chi connectivity index (χ1n) is 13.2.